The van der Waals surface area contributed by atoms with Crippen LogP contribution in [-0.2, 0) is 14.3 Å². The summed E-state index contributed by atoms with van der Waals surface area (Å²) in [5.41, 5.74) is 0.245. The maximum Gasteiger partial charge on any atom is 0.349 e. The lowest BCUT2D eigenvalue weighted by atomic mass is 10.2. The molecule has 1 heterocycles. The molecular formula is C17H13ClN2O4. The van der Waals surface area contributed by atoms with Crippen molar-refractivity contribution >= 4 is 35.2 Å². The second kappa shape index (κ2) is 7.99. The van der Waals surface area contributed by atoms with Crippen LogP contribution in [-0.4, -0.2) is 18.0 Å². The summed E-state index contributed by atoms with van der Waals surface area (Å²) in [6.45, 7) is 1.41. The highest BCUT2D eigenvalue weighted by atomic mass is 35.5. The van der Waals surface area contributed by atoms with Gasteiger partial charge in [0, 0.05) is 16.8 Å². The first-order valence-electron chi connectivity index (χ1n) is 6.92. The Labute approximate surface area is 143 Å². The summed E-state index contributed by atoms with van der Waals surface area (Å²) in [5, 5.41) is 12.2. The fourth-order valence-electron chi connectivity index (χ4n) is 1.71. The fourth-order valence-corrected chi connectivity index (χ4v) is 1.83. The number of halogens is 1. The van der Waals surface area contributed by atoms with Crippen molar-refractivity contribution < 1.29 is 18.7 Å². The molecule has 1 aromatic heterocycles. The molecule has 0 fully saturated rings. The number of furan rings is 1. The normalized spacial score (nSPS) is 12.1. The van der Waals surface area contributed by atoms with Gasteiger partial charge in [-0.15, -0.1) is 0 Å². The molecule has 1 atom stereocenters. The molecule has 6 nitrogen and oxygen atoms in total. The molecular weight excluding hydrogens is 332 g/mol. The first-order valence-corrected chi connectivity index (χ1v) is 7.30. The highest BCUT2D eigenvalue weighted by Gasteiger charge is 2.21. The molecule has 0 radical (unpaired) electrons. The zero-order valence-electron chi connectivity index (χ0n) is 12.7. The minimum atomic E-state index is -1.08. The van der Waals surface area contributed by atoms with Crippen molar-refractivity contribution in [1.82, 2.24) is 0 Å². The molecule has 0 aliphatic rings. The Bertz CT molecular complexity index is 789. The van der Waals surface area contributed by atoms with Crippen LogP contribution >= 0.6 is 11.6 Å². The van der Waals surface area contributed by atoms with Crippen LogP contribution < -0.4 is 5.32 Å². The minimum absolute atomic E-state index is 0.268. The number of nitrogens with one attached hydrogen (secondary N) is 1. The van der Waals surface area contributed by atoms with Crippen molar-refractivity contribution in [2.45, 2.75) is 13.0 Å². The largest absolute Gasteiger partial charge is 0.465 e. The summed E-state index contributed by atoms with van der Waals surface area (Å²) in [6.07, 6.45) is 1.57. The number of amides is 1. The number of anilines is 1. The van der Waals surface area contributed by atoms with Crippen LogP contribution in [0.5, 0.6) is 0 Å². The van der Waals surface area contributed by atoms with E-state index in [-0.39, 0.29) is 5.57 Å². The number of carbonyl (C=O) groups is 2. The van der Waals surface area contributed by atoms with Crippen LogP contribution in [0.25, 0.3) is 6.08 Å². The number of ether oxygens (including phenoxy) is 1. The molecule has 0 spiro atoms. The van der Waals surface area contributed by atoms with Crippen LogP contribution in [0.1, 0.15) is 12.7 Å². The molecule has 2 rings (SSSR count). The Hall–Kier alpha value is -3.04. The van der Waals surface area contributed by atoms with Crippen molar-refractivity contribution in [1.29, 1.82) is 5.26 Å². The standard InChI is InChI=1S/C17H13ClN2O4/c1-11(16(21)20-14-6-4-13(18)5-7-14)24-17(22)12(10-19)9-15-3-2-8-23-15/h2-9,11H,1H3,(H,20,21)/b12-9+/t11-/m0/s1. The van der Waals surface area contributed by atoms with E-state index in [1.165, 1.54) is 19.3 Å². The van der Waals surface area contributed by atoms with E-state index in [1.807, 2.05) is 0 Å². The summed E-state index contributed by atoms with van der Waals surface area (Å²) in [5.74, 6) is -1.10. The molecule has 24 heavy (non-hydrogen) atoms. The third kappa shape index (κ3) is 4.73. The highest BCUT2D eigenvalue weighted by molar-refractivity contribution is 6.30. The summed E-state index contributed by atoms with van der Waals surface area (Å²) in [6, 6.07) is 11.4. The summed E-state index contributed by atoms with van der Waals surface area (Å²) in [7, 11) is 0. The minimum Gasteiger partial charge on any atom is -0.465 e. The predicted molar refractivity (Wildman–Crippen MR) is 87.9 cm³/mol. The van der Waals surface area contributed by atoms with Crippen molar-refractivity contribution in [3.63, 3.8) is 0 Å². The maximum atomic E-state index is 12.0. The average molecular weight is 345 g/mol. The summed E-state index contributed by atoms with van der Waals surface area (Å²) in [4.78, 5) is 24.0. The number of benzene rings is 1. The Balaban J connectivity index is 1.98. The smallest absolute Gasteiger partial charge is 0.349 e. The Morgan fingerprint density at radius 3 is 2.62 bits per heavy atom. The van der Waals surface area contributed by atoms with Gasteiger partial charge in [-0.05, 0) is 43.3 Å². The van der Waals surface area contributed by atoms with Gasteiger partial charge in [-0.25, -0.2) is 4.79 Å². The summed E-state index contributed by atoms with van der Waals surface area (Å²) >= 11 is 5.76. The lowest BCUT2D eigenvalue weighted by molar-refractivity contribution is -0.148. The van der Waals surface area contributed by atoms with E-state index in [9.17, 15) is 9.59 Å². The third-order valence-corrected chi connectivity index (χ3v) is 3.19. The third-order valence-electron chi connectivity index (χ3n) is 2.93. The molecule has 0 saturated carbocycles. The Morgan fingerprint density at radius 1 is 1.33 bits per heavy atom. The van der Waals surface area contributed by atoms with E-state index in [0.29, 0.717) is 16.5 Å². The molecule has 0 bridgehead atoms. The van der Waals surface area contributed by atoms with Gasteiger partial charge in [0.05, 0.1) is 6.26 Å². The van der Waals surface area contributed by atoms with Crippen LogP contribution in [0.4, 0.5) is 5.69 Å². The predicted octanol–water partition coefficient (Wildman–Crippen LogP) is 3.41. The zero-order chi connectivity index (χ0) is 17.5. The fraction of sp³-hybridized carbons (Fsp3) is 0.118. The molecule has 1 amide bonds. The van der Waals surface area contributed by atoms with Crippen molar-refractivity contribution in [2.24, 2.45) is 0 Å². The number of hydrogen-bond acceptors (Lipinski definition) is 5. The first-order chi connectivity index (χ1) is 11.5. The van der Waals surface area contributed by atoms with Crippen LogP contribution in [0, 0.1) is 11.3 Å². The number of esters is 1. The first kappa shape index (κ1) is 17.3. The van der Waals surface area contributed by atoms with Gasteiger partial charge in [0.1, 0.15) is 17.4 Å². The van der Waals surface area contributed by atoms with E-state index >= 15 is 0 Å². The summed E-state index contributed by atoms with van der Waals surface area (Å²) < 4.78 is 10.0. The number of nitrogens with zero attached hydrogens (tertiary/aromatic N) is 1. The highest BCUT2D eigenvalue weighted by Crippen LogP contribution is 2.14. The number of nitriles is 1. The van der Waals surface area contributed by atoms with Gasteiger partial charge in [-0.1, -0.05) is 11.6 Å². The molecule has 122 valence electrons. The van der Waals surface area contributed by atoms with Gasteiger partial charge >= 0.3 is 5.97 Å². The number of rotatable bonds is 5. The second-order valence-electron chi connectivity index (χ2n) is 4.73. The molecule has 1 aromatic carbocycles. The van der Waals surface area contributed by atoms with E-state index in [1.54, 1.807) is 42.5 Å². The molecule has 0 aliphatic heterocycles. The van der Waals surface area contributed by atoms with Gasteiger partial charge in [0.15, 0.2) is 6.10 Å². The van der Waals surface area contributed by atoms with Gasteiger partial charge in [0.25, 0.3) is 5.91 Å². The molecule has 2 aromatic rings. The Morgan fingerprint density at radius 2 is 2.04 bits per heavy atom. The quantitative estimate of drug-likeness (QED) is 0.509. The van der Waals surface area contributed by atoms with Gasteiger partial charge in [0.2, 0.25) is 0 Å². The van der Waals surface area contributed by atoms with Gasteiger partial charge in [-0.2, -0.15) is 5.26 Å². The topological polar surface area (TPSA) is 92.3 Å². The van der Waals surface area contributed by atoms with Crippen molar-refractivity contribution in [3.8, 4) is 6.07 Å². The van der Waals surface area contributed by atoms with Crippen LogP contribution in [0.3, 0.4) is 0 Å². The van der Waals surface area contributed by atoms with E-state index < -0.39 is 18.0 Å². The number of carbonyl (C=O) groups excluding carboxylic acids is 2. The van der Waals surface area contributed by atoms with Gasteiger partial charge < -0.3 is 14.5 Å². The molecule has 0 saturated heterocycles. The van der Waals surface area contributed by atoms with Crippen LogP contribution in [0.15, 0.2) is 52.7 Å². The molecule has 7 heteroatoms. The maximum absolute atomic E-state index is 12.0. The lowest BCUT2D eigenvalue weighted by Crippen LogP contribution is -2.30. The molecule has 0 unspecified atom stereocenters. The van der Waals surface area contributed by atoms with Crippen molar-refractivity contribution in [2.75, 3.05) is 5.32 Å². The SMILES string of the molecule is C[C@H](OC(=O)/C(C#N)=C/c1ccco1)C(=O)Nc1ccc(Cl)cc1. The average Bonchev–Trinajstić information content (AvgIpc) is 3.07. The van der Waals surface area contributed by atoms with Crippen molar-refractivity contribution in [3.05, 3.63) is 59.0 Å². The number of hydrogen-bond donors (Lipinski definition) is 1. The van der Waals surface area contributed by atoms with Crippen LogP contribution in [0.2, 0.25) is 5.02 Å². The van der Waals surface area contributed by atoms with Gasteiger partial charge in [-0.3, -0.25) is 4.79 Å². The molecule has 1 N–H and O–H groups in total. The lowest BCUT2D eigenvalue weighted by Gasteiger charge is -2.13. The van der Waals surface area contributed by atoms with E-state index in [2.05, 4.69) is 5.32 Å². The molecule has 0 aliphatic carbocycles. The second-order valence-corrected chi connectivity index (χ2v) is 5.17. The Kier molecular flexibility index (Phi) is 5.77. The monoisotopic (exact) mass is 344 g/mol. The zero-order valence-corrected chi connectivity index (χ0v) is 13.4. The van der Waals surface area contributed by atoms with E-state index in [4.69, 9.17) is 26.0 Å². The van der Waals surface area contributed by atoms with E-state index in [0.717, 1.165) is 0 Å².